The number of hydrogen-bond donors (Lipinski definition) is 2. The van der Waals surface area contributed by atoms with Gasteiger partial charge in [-0.15, -0.1) is 0 Å². The van der Waals surface area contributed by atoms with Crippen LogP contribution in [0.1, 0.15) is 50.9 Å². The van der Waals surface area contributed by atoms with Crippen molar-refractivity contribution in [1.29, 1.82) is 0 Å². The molecule has 2 bridgehead atoms. The molecule has 1 aromatic heterocycles. The number of nitrogen functional groups attached to an aromatic ring is 1. The number of carbonyl (C=O) groups excluding carboxylic acids is 1. The van der Waals surface area contributed by atoms with Crippen LogP contribution in [-0.4, -0.2) is 22.2 Å². The first kappa shape index (κ1) is 16.1. The van der Waals surface area contributed by atoms with Gasteiger partial charge in [0.2, 0.25) is 0 Å². The van der Waals surface area contributed by atoms with Crippen molar-refractivity contribution in [2.45, 2.75) is 18.3 Å². The Hall–Kier alpha value is -3.08. The van der Waals surface area contributed by atoms with Crippen molar-refractivity contribution in [2.24, 2.45) is 13.0 Å². The van der Waals surface area contributed by atoms with E-state index < -0.39 is 0 Å². The van der Waals surface area contributed by atoms with E-state index in [1.54, 1.807) is 7.05 Å². The molecule has 5 heteroatoms. The van der Waals surface area contributed by atoms with E-state index in [4.69, 9.17) is 5.73 Å². The predicted octanol–water partition coefficient (Wildman–Crippen LogP) is 3.03. The van der Waals surface area contributed by atoms with Gasteiger partial charge >= 0.3 is 0 Å². The van der Waals surface area contributed by atoms with Gasteiger partial charge in [0.1, 0.15) is 11.4 Å². The standard InChI is InChI=1S/C22H22N4O/c1-26-21(23)19(12-25-26)22(27)24-11-13-10-18-14-6-2-4-8-16(14)20(13)17-9-5-3-7-15(17)18/h2-9,12-13,18,20H,10-11,23H2,1H3,(H,24,27). The summed E-state index contributed by atoms with van der Waals surface area (Å²) in [6.45, 7) is 0.636. The molecule has 1 heterocycles. The summed E-state index contributed by atoms with van der Waals surface area (Å²) >= 11 is 0. The van der Waals surface area contributed by atoms with Crippen molar-refractivity contribution in [2.75, 3.05) is 12.3 Å². The summed E-state index contributed by atoms with van der Waals surface area (Å²) in [6.07, 6.45) is 2.59. The van der Waals surface area contributed by atoms with E-state index in [9.17, 15) is 4.79 Å². The molecule has 0 radical (unpaired) electrons. The number of benzene rings is 2. The quantitative estimate of drug-likeness (QED) is 0.756. The van der Waals surface area contributed by atoms with Gasteiger partial charge in [0, 0.05) is 25.4 Å². The lowest BCUT2D eigenvalue weighted by Crippen LogP contribution is -2.39. The van der Waals surface area contributed by atoms with Crippen molar-refractivity contribution in [3.8, 4) is 0 Å². The van der Waals surface area contributed by atoms with Crippen LogP contribution in [-0.2, 0) is 7.05 Å². The number of nitrogens with two attached hydrogens (primary N) is 1. The first-order chi connectivity index (χ1) is 13.1. The number of aryl methyl sites for hydroxylation is 1. The molecule has 3 aliphatic carbocycles. The molecule has 3 N–H and O–H groups in total. The molecule has 136 valence electrons. The minimum Gasteiger partial charge on any atom is -0.383 e. The van der Waals surface area contributed by atoms with E-state index in [1.807, 2.05) is 0 Å². The maximum atomic E-state index is 12.6. The number of hydrogen-bond acceptors (Lipinski definition) is 3. The molecule has 27 heavy (non-hydrogen) atoms. The molecule has 1 amide bonds. The maximum Gasteiger partial charge on any atom is 0.256 e. The molecular weight excluding hydrogens is 336 g/mol. The highest BCUT2D eigenvalue weighted by Gasteiger charge is 2.42. The summed E-state index contributed by atoms with van der Waals surface area (Å²) in [5.41, 5.74) is 12.1. The molecule has 1 unspecified atom stereocenters. The number of carbonyl (C=O) groups is 1. The summed E-state index contributed by atoms with van der Waals surface area (Å²) in [6, 6.07) is 17.5. The van der Waals surface area contributed by atoms with Crippen LogP contribution >= 0.6 is 0 Å². The highest BCUT2D eigenvalue weighted by molar-refractivity contribution is 5.98. The van der Waals surface area contributed by atoms with Crippen LogP contribution in [0.5, 0.6) is 0 Å². The number of nitrogens with zero attached hydrogens (tertiary/aromatic N) is 2. The smallest absolute Gasteiger partial charge is 0.256 e. The molecule has 0 spiro atoms. The second-order valence-electron chi connectivity index (χ2n) is 7.56. The van der Waals surface area contributed by atoms with Crippen LogP contribution in [0.25, 0.3) is 0 Å². The Balaban J connectivity index is 1.44. The molecule has 0 fully saturated rings. The largest absolute Gasteiger partial charge is 0.383 e. The number of amides is 1. The van der Waals surface area contributed by atoms with Gasteiger partial charge in [-0.3, -0.25) is 9.48 Å². The number of rotatable bonds is 3. The first-order valence-corrected chi connectivity index (χ1v) is 9.38. The van der Waals surface area contributed by atoms with Gasteiger partial charge in [-0.25, -0.2) is 0 Å². The summed E-state index contributed by atoms with van der Waals surface area (Å²) in [4.78, 5) is 12.6. The van der Waals surface area contributed by atoms with Crippen LogP contribution in [0.3, 0.4) is 0 Å². The SMILES string of the molecule is Cn1ncc(C(=O)NCC2CC3c4ccccc4C2c2ccccc23)c1N. The van der Waals surface area contributed by atoms with Crippen molar-refractivity contribution in [1.82, 2.24) is 15.1 Å². The molecule has 6 rings (SSSR count). The molecule has 3 aromatic rings. The van der Waals surface area contributed by atoms with E-state index >= 15 is 0 Å². The summed E-state index contributed by atoms with van der Waals surface area (Å²) in [7, 11) is 1.74. The minimum absolute atomic E-state index is 0.149. The third kappa shape index (κ3) is 2.38. The van der Waals surface area contributed by atoms with Crippen LogP contribution in [0.4, 0.5) is 5.82 Å². The summed E-state index contributed by atoms with van der Waals surface area (Å²) in [5.74, 6) is 1.36. The summed E-state index contributed by atoms with van der Waals surface area (Å²) < 4.78 is 1.52. The third-order valence-corrected chi connectivity index (χ3v) is 6.18. The molecule has 3 aliphatic rings. The van der Waals surface area contributed by atoms with Crippen molar-refractivity contribution in [3.05, 3.63) is 82.5 Å². The second kappa shape index (κ2) is 5.98. The average molecular weight is 358 g/mol. The fourth-order valence-corrected chi connectivity index (χ4v) is 4.90. The number of fused-ring (bicyclic) bond motifs is 1. The van der Waals surface area contributed by atoms with Gasteiger partial charge in [0.25, 0.3) is 5.91 Å². The molecule has 0 saturated heterocycles. The molecular formula is C22H22N4O. The molecule has 0 saturated carbocycles. The highest BCUT2D eigenvalue weighted by atomic mass is 16.1. The zero-order valence-electron chi connectivity index (χ0n) is 15.2. The van der Waals surface area contributed by atoms with Gasteiger partial charge < -0.3 is 11.1 Å². The van der Waals surface area contributed by atoms with Crippen LogP contribution < -0.4 is 11.1 Å². The van der Waals surface area contributed by atoms with Crippen molar-refractivity contribution >= 4 is 11.7 Å². The van der Waals surface area contributed by atoms with Crippen LogP contribution in [0.2, 0.25) is 0 Å². The van der Waals surface area contributed by atoms with E-state index in [2.05, 4.69) is 58.9 Å². The zero-order valence-corrected chi connectivity index (χ0v) is 15.2. The van der Waals surface area contributed by atoms with Crippen molar-refractivity contribution in [3.63, 3.8) is 0 Å². The molecule has 0 aliphatic heterocycles. The Morgan fingerprint density at radius 2 is 1.70 bits per heavy atom. The lowest BCUT2D eigenvalue weighted by molar-refractivity contribution is 0.0943. The van der Waals surface area contributed by atoms with Crippen LogP contribution in [0, 0.1) is 5.92 Å². The topological polar surface area (TPSA) is 72.9 Å². The first-order valence-electron chi connectivity index (χ1n) is 9.38. The zero-order chi connectivity index (χ0) is 18.5. The van der Waals surface area contributed by atoms with E-state index in [-0.39, 0.29) is 5.91 Å². The van der Waals surface area contributed by atoms with Gasteiger partial charge in [0.05, 0.1) is 6.20 Å². The molecule has 2 aromatic carbocycles. The van der Waals surface area contributed by atoms with E-state index in [0.29, 0.717) is 35.7 Å². The summed E-state index contributed by atoms with van der Waals surface area (Å²) in [5, 5.41) is 7.16. The number of nitrogens with one attached hydrogen (secondary N) is 1. The fraction of sp³-hybridized carbons (Fsp3) is 0.273. The van der Waals surface area contributed by atoms with Gasteiger partial charge in [-0.05, 0) is 34.6 Å². The monoisotopic (exact) mass is 358 g/mol. The second-order valence-corrected chi connectivity index (χ2v) is 7.56. The Labute approximate surface area is 158 Å². The molecule has 5 nitrogen and oxygen atoms in total. The fourth-order valence-electron chi connectivity index (χ4n) is 4.90. The van der Waals surface area contributed by atoms with Crippen LogP contribution in [0.15, 0.2) is 54.7 Å². The third-order valence-electron chi connectivity index (χ3n) is 6.18. The number of anilines is 1. The van der Waals surface area contributed by atoms with Gasteiger partial charge in [-0.1, -0.05) is 48.5 Å². The number of aromatic nitrogens is 2. The highest BCUT2D eigenvalue weighted by Crippen LogP contribution is 2.55. The Morgan fingerprint density at radius 1 is 1.11 bits per heavy atom. The predicted molar refractivity (Wildman–Crippen MR) is 105 cm³/mol. The Bertz CT molecular complexity index is 991. The molecule has 1 atom stereocenters. The van der Waals surface area contributed by atoms with E-state index in [0.717, 1.165) is 6.42 Å². The van der Waals surface area contributed by atoms with Crippen molar-refractivity contribution < 1.29 is 4.79 Å². The Kier molecular flexibility index (Phi) is 3.57. The minimum atomic E-state index is -0.149. The Morgan fingerprint density at radius 3 is 2.26 bits per heavy atom. The van der Waals surface area contributed by atoms with Gasteiger partial charge in [0.15, 0.2) is 0 Å². The maximum absolute atomic E-state index is 12.6. The van der Waals surface area contributed by atoms with Gasteiger partial charge in [-0.2, -0.15) is 5.10 Å². The average Bonchev–Trinajstić information content (AvgIpc) is 3.05. The van der Waals surface area contributed by atoms with E-state index in [1.165, 1.54) is 33.1 Å². The lowest BCUT2D eigenvalue weighted by Gasteiger charge is -2.45. The lowest BCUT2D eigenvalue weighted by atomic mass is 9.59. The normalized spacial score (nSPS) is 22.2.